The summed E-state index contributed by atoms with van der Waals surface area (Å²) in [6, 6.07) is 0.432. The summed E-state index contributed by atoms with van der Waals surface area (Å²) in [4.78, 5) is 25.2. The summed E-state index contributed by atoms with van der Waals surface area (Å²) in [6.07, 6.45) is -4.02. The fraction of sp³-hybridized carbons (Fsp3) is 0.300. The van der Waals surface area contributed by atoms with Crippen molar-refractivity contribution in [3.8, 4) is 0 Å². The summed E-state index contributed by atoms with van der Waals surface area (Å²) < 4.78 is 36.7. The van der Waals surface area contributed by atoms with E-state index in [9.17, 15) is 22.8 Å². The number of nitrogens with one attached hydrogen (secondary N) is 1. The maximum Gasteiger partial charge on any atom is 0.417 e. The minimum Gasteiger partial charge on any atom is -0.480 e. The van der Waals surface area contributed by atoms with E-state index in [2.05, 4.69) is 10.3 Å². The van der Waals surface area contributed by atoms with Gasteiger partial charge in [-0.3, -0.25) is 14.6 Å². The Balaban J connectivity index is 2.80. The van der Waals surface area contributed by atoms with Crippen molar-refractivity contribution in [3.63, 3.8) is 0 Å². The van der Waals surface area contributed by atoms with E-state index in [0.29, 0.717) is 12.3 Å². The number of carbonyl (C=O) groups excluding carboxylic acids is 1. The molecule has 0 aliphatic carbocycles. The van der Waals surface area contributed by atoms with Crippen LogP contribution >= 0.6 is 0 Å². The summed E-state index contributed by atoms with van der Waals surface area (Å²) in [5, 5.41) is 10.6. The molecule has 2 N–H and O–H groups in total. The topological polar surface area (TPSA) is 79.3 Å². The average molecular weight is 262 g/mol. The van der Waals surface area contributed by atoms with Crippen molar-refractivity contribution in [3.05, 3.63) is 29.6 Å². The smallest absolute Gasteiger partial charge is 0.417 e. The van der Waals surface area contributed by atoms with Crippen LogP contribution in [-0.4, -0.2) is 28.0 Å². The third kappa shape index (κ3) is 3.44. The number of rotatable bonds is 3. The molecule has 0 saturated heterocycles. The second kappa shape index (κ2) is 5.03. The Kier molecular flexibility index (Phi) is 3.89. The number of aromatic nitrogens is 1. The molecule has 1 aromatic heterocycles. The van der Waals surface area contributed by atoms with E-state index < -0.39 is 29.7 Å². The van der Waals surface area contributed by atoms with Gasteiger partial charge in [-0.2, -0.15) is 13.2 Å². The van der Waals surface area contributed by atoms with Crippen LogP contribution in [0.2, 0.25) is 0 Å². The zero-order valence-electron chi connectivity index (χ0n) is 9.15. The van der Waals surface area contributed by atoms with Gasteiger partial charge in [0.2, 0.25) is 0 Å². The van der Waals surface area contributed by atoms with Gasteiger partial charge in [0.05, 0.1) is 5.56 Å². The van der Waals surface area contributed by atoms with E-state index in [4.69, 9.17) is 5.11 Å². The molecule has 0 radical (unpaired) electrons. The number of aliphatic carboxylic acids is 1. The lowest BCUT2D eigenvalue weighted by Gasteiger charge is -2.09. The first-order valence-electron chi connectivity index (χ1n) is 4.78. The van der Waals surface area contributed by atoms with Crippen molar-refractivity contribution >= 4 is 11.9 Å². The van der Waals surface area contributed by atoms with Gasteiger partial charge in [-0.25, -0.2) is 0 Å². The van der Waals surface area contributed by atoms with Gasteiger partial charge in [0.1, 0.15) is 11.7 Å². The molecule has 5 nitrogen and oxygen atoms in total. The number of carboxylic acids is 1. The van der Waals surface area contributed by atoms with Crippen LogP contribution < -0.4 is 5.32 Å². The summed E-state index contributed by atoms with van der Waals surface area (Å²) in [6.45, 7) is 1.23. The number of hydrogen-bond acceptors (Lipinski definition) is 3. The van der Waals surface area contributed by atoms with E-state index in [0.717, 1.165) is 6.07 Å². The average Bonchev–Trinajstić information content (AvgIpc) is 2.27. The molecule has 18 heavy (non-hydrogen) atoms. The minimum atomic E-state index is -4.53. The van der Waals surface area contributed by atoms with Crippen LogP contribution in [0.25, 0.3) is 0 Å². The lowest BCUT2D eigenvalue weighted by Crippen LogP contribution is -2.38. The molecule has 0 saturated carbocycles. The van der Waals surface area contributed by atoms with Crippen molar-refractivity contribution in [2.24, 2.45) is 0 Å². The predicted molar refractivity (Wildman–Crippen MR) is 53.8 cm³/mol. The molecule has 8 heteroatoms. The number of pyridine rings is 1. The van der Waals surface area contributed by atoms with E-state index in [1.807, 2.05) is 0 Å². The normalized spacial score (nSPS) is 12.9. The van der Waals surface area contributed by atoms with Crippen LogP contribution in [0.3, 0.4) is 0 Å². The van der Waals surface area contributed by atoms with E-state index in [-0.39, 0.29) is 5.69 Å². The summed E-state index contributed by atoms with van der Waals surface area (Å²) in [5.74, 6) is -2.10. The Bertz CT molecular complexity index is 456. The molecule has 0 aliphatic rings. The first-order valence-corrected chi connectivity index (χ1v) is 4.78. The third-order valence-corrected chi connectivity index (χ3v) is 2.04. The van der Waals surface area contributed by atoms with Crippen LogP contribution in [0, 0.1) is 0 Å². The highest BCUT2D eigenvalue weighted by atomic mass is 19.4. The zero-order valence-corrected chi connectivity index (χ0v) is 9.15. The van der Waals surface area contributed by atoms with Gasteiger partial charge in [0.25, 0.3) is 5.91 Å². The highest BCUT2D eigenvalue weighted by molar-refractivity contribution is 5.94. The molecule has 1 amide bonds. The molecular formula is C10H9F3N2O3. The number of amides is 1. The van der Waals surface area contributed by atoms with Gasteiger partial charge in [-0.1, -0.05) is 0 Å². The minimum absolute atomic E-state index is 0.281. The van der Waals surface area contributed by atoms with Gasteiger partial charge in [-0.15, -0.1) is 0 Å². The molecule has 1 rings (SSSR count). The highest BCUT2D eigenvalue weighted by Gasteiger charge is 2.31. The molecule has 1 unspecified atom stereocenters. The second-order valence-corrected chi connectivity index (χ2v) is 3.46. The standard InChI is InChI=1S/C10H9F3N2O3/c1-5(9(17)18)15-8(16)7-3-2-6(4-14-7)10(11,12)13/h2-5H,1H3,(H,15,16)(H,17,18). The summed E-state index contributed by atoms with van der Waals surface area (Å²) >= 11 is 0. The Hall–Kier alpha value is -2.12. The number of halogens is 3. The first-order chi connectivity index (χ1) is 8.21. The maximum atomic E-state index is 12.2. The first kappa shape index (κ1) is 13.9. The van der Waals surface area contributed by atoms with Crippen LogP contribution in [0.15, 0.2) is 18.3 Å². The molecule has 0 aromatic carbocycles. The number of carboxylic acid groups (broad SMARTS) is 1. The molecule has 0 aliphatic heterocycles. The number of nitrogens with zero attached hydrogens (tertiary/aromatic N) is 1. The van der Waals surface area contributed by atoms with Gasteiger partial charge >= 0.3 is 12.1 Å². The fourth-order valence-electron chi connectivity index (χ4n) is 1.03. The molecule has 1 atom stereocenters. The molecule has 98 valence electrons. The van der Waals surface area contributed by atoms with Crippen LogP contribution in [-0.2, 0) is 11.0 Å². The van der Waals surface area contributed by atoms with Crippen molar-refractivity contribution in [2.75, 3.05) is 0 Å². The van der Waals surface area contributed by atoms with E-state index >= 15 is 0 Å². The lowest BCUT2D eigenvalue weighted by molar-refractivity contribution is -0.139. The van der Waals surface area contributed by atoms with Crippen LogP contribution in [0.5, 0.6) is 0 Å². The predicted octanol–water partition coefficient (Wildman–Crippen LogP) is 1.30. The summed E-state index contributed by atoms with van der Waals surface area (Å²) in [7, 11) is 0. The van der Waals surface area contributed by atoms with Gasteiger partial charge < -0.3 is 10.4 Å². The van der Waals surface area contributed by atoms with E-state index in [1.165, 1.54) is 6.92 Å². The van der Waals surface area contributed by atoms with Crippen molar-refractivity contribution < 1.29 is 27.9 Å². The van der Waals surface area contributed by atoms with Crippen LogP contribution in [0.4, 0.5) is 13.2 Å². The molecule has 1 aromatic rings. The Labute approximate surface area is 99.6 Å². The quantitative estimate of drug-likeness (QED) is 0.860. The largest absolute Gasteiger partial charge is 0.480 e. The van der Waals surface area contributed by atoms with E-state index in [1.54, 1.807) is 0 Å². The molecule has 1 heterocycles. The third-order valence-electron chi connectivity index (χ3n) is 2.04. The molecule has 0 spiro atoms. The van der Waals surface area contributed by atoms with Crippen LogP contribution in [0.1, 0.15) is 23.0 Å². The maximum absolute atomic E-state index is 12.2. The number of alkyl halides is 3. The summed E-state index contributed by atoms with van der Waals surface area (Å²) in [5.41, 5.74) is -1.26. The highest BCUT2D eigenvalue weighted by Crippen LogP contribution is 2.28. The zero-order chi connectivity index (χ0) is 13.9. The Morgan fingerprint density at radius 1 is 1.39 bits per heavy atom. The van der Waals surface area contributed by atoms with Crippen molar-refractivity contribution in [1.29, 1.82) is 0 Å². The van der Waals surface area contributed by atoms with Crippen molar-refractivity contribution in [2.45, 2.75) is 19.1 Å². The van der Waals surface area contributed by atoms with Gasteiger partial charge in [0, 0.05) is 6.20 Å². The number of carbonyl (C=O) groups is 2. The Morgan fingerprint density at radius 3 is 2.39 bits per heavy atom. The SMILES string of the molecule is CC(NC(=O)c1ccc(C(F)(F)F)cn1)C(=O)O. The monoisotopic (exact) mass is 262 g/mol. The molecule has 0 fully saturated rings. The Morgan fingerprint density at radius 2 is 2.00 bits per heavy atom. The molecular weight excluding hydrogens is 253 g/mol. The van der Waals surface area contributed by atoms with Gasteiger partial charge in [-0.05, 0) is 19.1 Å². The number of hydrogen-bond donors (Lipinski definition) is 2. The van der Waals surface area contributed by atoms with Crippen molar-refractivity contribution in [1.82, 2.24) is 10.3 Å². The second-order valence-electron chi connectivity index (χ2n) is 3.46. The van der Waals surface area contributed by atoms with Gasteiger partial charge in [0.15, 0.2) is 0 Å². The lowest BCUT2D eigenvalue weighted by atomic mass is 10.2. The fourth-order valence-corrected chi connectivity index (χ4v) is 1.03. The molecule has 0 bridgehead atoms.